The van der Waals surface area contributed by atoms with Crippen LogP contribution < -0.4 is 0 Å². The van der Waals surface area contributed by atoms with Crippen molar-refractivity contribution in [1.29, 1.82) is 0 Å². The van der Waals surface area contributed by atoms with Gasteiger partial charge in [-0.05, 0) is 85.0 Å². The highest BCUT2D eigenvalue weighted by molar-refractivity contribution is 6.22. The Morgan fingerprint density at radius 1 is 0.500 bits per heavy atom. The molecular weight excluding hydrogens is 392 g/mol. The Morgan fingerprint density at radius 3 is 1.72 bits per heavy atom. The van der Waals surface area contributed by atoms with Crippen LogP contribution in [-0.2, 0) is 0 Å². The molecule has 32 heavy (non-hydrogen) atoms. The van der Waals surface area contributed by atoms with Gasteiger partial charge in [-0.3, -0.25) is 0 Å². The average molecular weight is 423 g/mol. The van der Waals surface area contributed by atoms with Crippen LogP contribution >= 0.6 is 0 Å². The van der Waals surface area contributed by atoms with Crippen molar-refractivity contribution in [2.24, 2.45) is 0 Å². The molecule has 2 aromatic heterocycles. The summed E-state index contributed by atoms with van der Waals surface area (Å²) in [6.45, 7) is 0. The minimum absolute atomic E-state index is 0.686. The Morgan fingerprint density at radius 2 is 1.06 bits per heavy atom. The van der Waals surface area contributed by atoms with Gasteiger partial charge in [0, 0.05) is 16.2 Å². The third-order valence-electron chi connectivity index (χ3n) is 8.27. The lowest BCUT2D eigenvalue weighted by Crippen LogP contribution is -2.04. The Labute approximate surface area is 188 Å². The molecule has 0 radical (unpaired) electrons. The summed E-state index contributed by atoms with van der Waals surface area (Å²) in [4.78, 5) is 0. The zero-order valence-electron chi connectivity index (χ0n) is 18.7. The lowest BCUT2D eigenvalue weighted by atomic mass is 9.83. The van der Waals surface area contributed by atoms with Gasteiger partial charge in [0.15, 0.2) is 0 Å². The van der Waals surface area contributed by atoms with Crippen LogP contribution in [0.4, 0.5) is 0 Å². The summed E-state index contributed by atoms with van der Waals surface area (Å²) in [6.07, 6.45) is 13.5. The highest BCUT2D eigenvalue weighted by Crippen LogP contribution is 2.42. The molecule has 2 aliphatic rings. The van der Waals surface area contributed by atoms with Gasteiger partial charge in [-0.2, -0.15) is 0 Å². The van der Waals surface area contributed by atoms with Crippen LogP contribution in [0.15, 0.2) is 57.4 Å². The van der Waals surface area contributed by atoms with Crippen LogP contribution in [0, 0.1) is 0 Å². The molecule has 5 aromatic rings. The molecule has 2 saturated carbocycles. The predicted molar refractivity (Wildman–Crippen MR) is 133 cm³/mol. The van der Waals surface area contributed by atoms with E-state index in [1.807, 2.05) is 0 Å². The van der Waals surface area contributed by atoms with Crippen molar-refractivity contribution in [2.75, 3.05) is 0 Å². The van der Waals surface area contributed by atoms with Crippen LogP contribution in [-0.4, -0.2) is 0 Å². The fourth-order valence-electron chi connectivity index (χ4n) is 6.51. The molecule has 0 unspecified atom stereocenters. The van der Waals surface area contributed by atoms with Gasteiger partial charge in [0.2, 0.25) is 0 Å². The van der Waals surface area contributed by atoms with E-state index in [1.165, 1.54) is 91.5 Å². The summed E-state index contributed by atoms with van der Waals surface area (Å²) < 4.78 is 12.8. The fourth-order valence-corrected chi connectivity index (χ4v) is 6.51. The van der Waals surface area contributed by atoms with Crippen LogP contribution in [0.1, 0.15) is 87.2 Å². The van der Waals surface area contributed by atoms with Crippen LogP contribution in [0.2, 0.25) is 0 Å². The Kier molecular flexibility index (Phi) is 4.35. The summed E-state index contributed by atoms with van der Waals surface area (Å²) >= 11 is 0. The van der Waals surface area contributed by atoms with E-state index in [1.54, 1.807) is 0 Å². The van der Waals surface area contributed by atoms with E-state index in [0.717, 1.165) is 27.7 Å². The van der Waals surface area contributed by atoms with E-state index < -0.39 is 0 Å². The number of hydrogen-bond donors (Lipinski definition) is 0. The van der Waals surface area contributed by atoms with Crippen molar-refractivity contribution in [3.63, 3.8) is 0 Å². The first kappa shape index (κ1) is 18.8. The summed E-state index contributed by atoms with van der Waals surface area (Å²) in [5.74, 6) is 1.39. The molecule has 0 bridgehead atoms. The largest absolute Gasteiger partial charge is 0.456 e. The van der Waals surface area contributed by atoms with Crippen LogP contribution in [0.3, 0.4) is 0 Å². The van der Waals surface area contributed by atoms with Crippen LogP contribution in [0.25, 0.3) is 43.9 Å². The zero-order valence-corrected chi connectivity index (χ0v) is 18.7. The third-order valence-corrected chi connectivity index (χ3v) is 8.27. The predicted octanol–water partition coefficient (Wildman–Crippen LogP) is 9.58. The minimum atomic E-state index is 0.686. The Bertz CT molecular complexity index is 1440. The average Bonchev–Trinajstić information content (AvgIpc) is 3.42. The first-order chi connectivity index (χ1) is 15.8. The number of rotatable bonds is 2. The van der Waals surface area contributed by atoms with Gasteiger partial charge in [-0.15, -0.1) is 0 Å². The SMILES string of the molecule is c1cc2oc3c(ccc4oc5ccc(C6CCCCC6)cc5c43)c2cc1C1CCCCC1. The maximum atomic E-state index is 6.50. The molecule has 2 heterocycles. The van der Waals surface area contributed by atoms with Crippen molar-refractivity contribution in [2.45, 2.75) is 76.0 Å². The highest BCUT2D eigenvalue weighted by Gasteiger charge is 2.21. The van der Waals surface area contributed by atoms with E-state index in [-0.39, 0.29) is 0 Å². The molecule has 2 nitrogen and oxygen atoms in total. The molecule has 0 N–H and O–H groups in total. The summed E-state index contributed by atoms with van der Waals surface area (Å²) in [6, 6.07) is 18.1. The first-order valence-corrected chi connectivity index (χ1v) is 12.7. The molecule has 7 rings (SSSR count). The second kappa shape index (κ2) is 7.40. The molecule has 2 heteroatoms. The second-order valence-corrected chi connectivity index (χ2v) is 10.2. The van der Waals surface area contributed by atoms with E-state index in [2.05, 4.69) is 48.5 Å². The van der Waals surface area contributed by atoms with Gasteiger partial charge < -0.3 is 8.83 Å². The van der Waals surface area contributed by atoms with Gasteiger partial charge in [0.05, 0.1) is 5.39 Å². The molecule has 0 saturated heterocycles. The standard InChI is InChI=1S/C30H30O2/c1-3-7-19(8-4-1)21-11-14-26-24(17-21)23-13-16-28-29(30(23)32-26)25-18-22(12-15-27(25)31-28)20-9-5-2-6-10-20/h11-20H,1-10H2. The first-order valence-electron chi connectivity index (χ1n) is 12.7. The van der Waals surface area contributed by atoms with Gasteiger partial charge in [0.25, 0.3) is 0 Å². The smallest absolute Gasteiger partial charge is 0.147 e. The summed E-state index contributed by atoms with van der Waals surface area (Å²) in [5, 5.41) is 4.82. The van der Waals surface area contributed by atoms with Gasteiger partial charge in [-0.25, -0.2) is 0 Å². The Hall–Kier alpha value is -2.74. The van der Waals surface area contributed by atoms with E-state index in [4.69, 9.17) is 8.83 Å². The lowest BCUT2D eigenvalue weighted by Gasteiger charge is -2.21. The number of benzene rings is 3. The van der Waals surface area contributed by atoms with E-state index in [0.29, 0.717) is 11.8 Å². The maximum absolute atomic E-state index is 6.50. The van der Waals surface area contributed by atoms with Crippen LogP contribution in [0.5, 0.6) is 0 Å². The maximum Gasteiger partial charge on any atom is 0.147 e. The molecule has 0 aliphatic heterocycles. The molecule has 0 amide bonds. The highest BCUT2D eigenvalue weighted by atomic mass is 16.3. The normalized spacial score (nSPS) is 19.0. The van der Waals surface area contributed by atoms with Crippen molar-refractivity contribution in [3.8, 4) is 0 Å². The number of hydrogen-bond acceptors (Lipinski definition) is 2. The number of furan rings is 2. The van der Waals surface area contributed by atoms with Gasteiger partial charge in [-0.1, -0.05) is 50.7 Å². The number of fused-ring (bicyclic) bond motifs is 7. The van der Waals surface area contributed by atoms with Gasteiger partial charge >= 0.3 is 0 Å². The monoisotopic (exact) mass is 422 g/mol. The molecule has 2 aliphatic carbocycles. The zero-order chi connectivity index (χ0) is 21.1. The third kappa shape index (κ3) is 2.92. The molecule has 0 spiro atoms. The minimum Gasteiger partial charge on any atom is -0.456 e. The van der Waals surface area contributed by atoms with Crippen molar-refractivity contribution < 1.29 is 8.83 Å². The topological polar surface area (TPSA) is 26.3 Å². The van der Waals surface area contributed by atoms with Crippen molar-refractivity contribution in [3.05, 3.63) is 59.7 Å². The lowest BCUT2D eigenvalue weighted by molar-refractivity contribution is 0.444. The molecule has 0 atom stereocenters. The van der Waals surface area contributed by atoms with Crippen molar-refractivity contribution in [1.82, 2.24) is 0 Å². The van der Waals surface area contributed by atoms with Crippen molar-refractivity contribution >= 4 is 43.9 Å². The second-order valence-electron chi connectivity index (χ2n) is 10.2. The molecule has 162 valence electrons. The summed E-state index contributed by atoms with van der Waals surface area (Å²) in [7, 11) is 0. The fraction of sp³-hybridized carbons (Fsp3) is 0.400. The molecular formula is C30H30O2. The molecule has 2 fully saturated rings. The van der Waals surface area contributed by atoms with E-state index in [9.17, 15) is 0 Å². The summed E-state index contributed by atoms with van der Waals surface area (Å²) in [5.41, 5.74) is 6.82. The van der Waals surface area contributed by atoms with Gasteiger partial charge in [0.1, 0.15) is 22.3 Å². The Balaban J connectivity index is 1.42. The quantitative estimate of drug-likeness (QED) is 0.283. The van der Waals surface area contributed by atoms with E-state index >= 15 is 0 Å². The molecule has 3 aromatic carbocycles.